The minimum absolute atomic E-state index is 0.0274. The largest absolute Gasteiger partial charge is 0.257 e. The van der Waals surface area contributed by atoms with Crippen LogP contribution in [-0.4, -0.2) is 47.1 Å². The standard InChI is InChI=1S/C37H38N2O8S4/c1-27-11-19-33(20-12-27)48(40,41)38(49(42,43)34-21-13-28(2)14-22-34)31(5)37(32-9-7-6-8-10-32)39(50(44,45)35-23-15-29(3)16-24-35)51(46,47)36-25-17-30(4)18-26-36/h6-26,31,37H,1-5H3/t31-,37+/m1/s1. The molecular formula is C37H38N2O8S4. The maximum Gasteiger partial charge on any atom is 0.257 e. The predicted octanol–water partition coefficient (Wildman–Crippen LogP) is 6.51. The first-order valence-electron chi connectivity index (χ1n) is 15.8. The molecule has 0 spiro atoms. The van der Waals surface area contributed by atoms with Gasteiger partial charge in [-0.05, 0) is 88.7 Å². The van der Waals surface area contributed by atoms with Crippen LogP contribution in [0.25, 0.3) is 0 Å². The molecule has 0 unspecified atom stereocenters. The number of nitrogens with zero attached hydrogens (tertiary/aromatic N) is 2. The molecule has 0 radical (unpaired) electrons. The van der Waals surface area contributed by atoms with Gasteiger partial charge < -0.3 is 0 Å². The molecule has 0 fully saturated rings. The van der Waals surface area contributed by atoms with Gasteiger partial charge in [-0.2, -0.15) is 0 Å². The fourth-order valence-electron chi connectivity index (χ4n) is 5.59. The van der Waals surface area contributed by atoms with Crippen molar-refractivity contribution in [3.8, 4) is 0 Å². The highest BCUT2D eigenvalue weighted by molar-refractivity contribution is 8.04. The molecule has 0 saturated heterocycles. The van der Waals surface area contributed by atoms with E-state index in [4.69, 9.17) is 0 Å². The summed E-state index contributed by atoms with van der Waals surface area (Å²) in [6, 6.07) is 25.7. The van der Waals surface area contributed by atoms with E-state index in [2.05, 4.69) is 0 Å². The van der Waals surface area contributed by atoms with Gasteiger partial charge in [0.25, 0.3) is 40.1 Å². The van der Waals surface area contributed by atoms with Crippen LogP contribution in [0.1, 0.15) is 40.8 Å². The van der Waals surface area contributed by atoms with E-state index in [-0.39, 0.29) is 13.0 Å². The van der Waals surface area contributed by atoms with E-state index in [1.54, 1.807) is 33.8 Å². The summed E-state index contributed by atoms with van der Waals surface area (Å²) in [5, 5.41) is 0. The van der Waals surface area contributed by atoms with Crippen LogP contribution in [0.2, 0.25) is 0 Å². The van der Waals surface area contributed by atoms with Crippen LogP contribution in [0.5, 0.6) is 0 Å². The van der Waals surface area contributed by atoms with E-state index < -0.39 is 71.8 Å². The summed E-state index contributed by atoms with van der Waals surface area (Å²) in [4.78, 5) is -1.58. The maximum absolute atomic E-state index is 14.8. The molecule has 0 aromatic heterocycles. The molecule has 0 bridgehead atoms. The Hall–Kier alpha value is -4.18. The second-order valence-electron chi connectivity index (χ2n) is 12.3. The first-order valence-corrected chi connectivity index (χ1v) is 21.6. The van der Waals surface area contributed by atoms with Gasteiger partial charge in [-0.15, -0.1) is 0 Å². The molecule has 14 heteroatoms. The van der Waals surface area contributed by atoms with Crippen molar-refractivity contribution in [2.75, 3.05) is 0 Å². The molecule has 5 aromatic rings. The van der Waals surface area contributed by atoms with Crippen molar-refractivity contribution in [3.63, 3.8) is 0 Å². The lowest BCUT2D eigenvalue weighted by molar-refractivity contribution is 0.312. The lowest BCUT2D eigenvalue weighted by atomic mass is 10.0. The monoisotopic (exact) mass is 766 g/mol. The Morgan fingerprint density at radius 2 is 0.627 bits per heavy atom. The lowest BCUT2D eigenvalue weighted by Crippen LogP contribution is -2.52. The SMILES string of the molecule is Cc1ccc(S(=O)(=O)N([C@H](C)[C@@H](c2ccccc2)N(S(=O)(=O)c2ccc(C)cc2)S(=O)(=O)c2ccc(C)cc2)S(=O)(=O)c2ccc(C)cc2)cc1. The van der Waals surface area contributed by atoms with Gasteiger partial charge in [0, 0.05) is 0 Å². The van der Waals surface area contributed by atoms with Crippen LogP contribution >= 0.6 is 0 Å². The van der Waals surface area contributed by atoms with Gasteiger partial charge >= 0.3 is 0 Å². The van der Waals surface area contributed by atoms with Gasteiger partial charge in [-0.25, -0.2) is 33.7 Å². The smallest absolute Gasteiger partial charge is 0.206 e. The Labute approximate surface area is 301 Å². The summed E-state index contributed by atoms with van der Waals surface area (Å²) < 4.78 is 118. The highest BCUT2D eigenvalue weighted by atomic mass is 32.3. The fraction of sp³-hybridized carbons (Fsp3) is 0.189. The second-order valence-corrected chi connectivity index (χ2v) is 20.0. The van der Waals surface area contributed by atoms with Crippen molar-refractivity contribution < 1.29 is 33.7 Å². The first kappa shape index (κ1) is 38.1. The number of sulfonamides is 4. The Morgan fingerprint density at radius 3 is 0.902 bits per heavy atom. The summed E-state index contributed by atoms with van der Waals surface area (Å²) in [5.41, 5.74) is 2.84. The molecule has 0 N–H and O–H groups in total. The Morgan fingerprint density at radius 1 is 0.373 bits per heavy atom. The molecule has 51 heavy (non-hydrogen) atoms. The molecule has 0 heterocycles. The van der Waals surface area contributed by atoms with Crippen LogP contribution in [0, 0.1) is 27.7 Å². The van der Waals surface area contributed by atoms with E-state index in [0.29, 0.717) is 22.3 Å². The zero-order valence-corrected chi connectivity index (χ0v) is 31.8. The minimum Gasteiger partial charge on any atom is -0.206 e. The predicted molar refractivity (Wildman–Crippen MR) is 196 cm³/mol. The normalized spacial score (nSPS) is 14.0. The summed E-state index contributed by atoms with van der Waals surface area (Å²) in [6.45, 7) is 8.12. The van der Waals surface area contributed by atoms with Crippen molar-refractivity contribution in [1.29, 1.82) is 0 Å². The van der Waals surface area contributed by atoms with Crippen LogP contribution in [0.15, 0.2) is 147 Å². The van der Waals surface area contributed by atoms with Crippen molar-refractivity contribution >= 4 is 40.1 Å². The number of hydrogen-bond donors (Lipinski definition) is 0. The number of benzene rings is 5. The maximum atomic E-state index is 14.8. The van der Waals surface area contributed by atoms with Crippen LogP contribution < -0.4 is 0 Å². The third kappa shape index (κ3) is 7.57. The quantitative estimate of drug-likeness (QED) is 0.140. The zero-order valence-electron chi connectivity index (χ0n) is 28.6. The average molecular weight is 767 g/mol. The van der Waals surface area contributed by atoms with E-state index in [9.17, 15) is 33.7 Å². The molecule has 0 amide bonds. The number of hydrogen-bond acceptors (Lipinski definition) is 8. The minimum atomic E-state index is -5.06. The molecule has 2 atom stereocenters. The Bertz CT molecular complexity index is 2300. The first-order chi connectivity index (χ1) is 23.9. The van der Waals surface area contributed by atoms with E-state index in [1.807, 2.05) is 0 Å². The van der Waals surface area contributed by atoms with Gasteiger partial charge in [0.05, 0.1) is 31.7 Å². The van der Waals surface area contributed by atoms with Gasteiger partial charge in [0.15, 0.2) is 0 Å². The topological polar surface area (TPSA) is 143 Å². The third-order valence-corrected chi connectivity index (χ3v) is 17.2. The highest BCUT2D eigenvalue weighted by Crippen LogP contribution is 2.41. The van der Waals surface area contributed by atoms with Crippen molar-refractivity contribution in [3.05, 3.63) is 155 Å². The van der Waals surface area contributed by atoms with Crippen LogP contribution in [-0.2, 0) is 40.1 Å². The molecule has 5 aromatic carbocycles. The average Bonchev–Trinajstić information content (AvgIpc) is 3.08. The van der Waals surface area contributed by atoms with E-state index in [1.165, 1.54) is 128 Å². The van der Waals surface area contributed by atoms with Gasteiger partial charge in [-0.3, -0.25) is 0 Å². The summed E-state index contributed by atoms with van der Waals surface area (Å²) >= 11 is 0. The molecule has 0 aliphatic carbocycles. The number of rotatable bonds is 12. The molecule has 0 aliphatic rings. The van der Waals surface area contributed by atoms with Gasteiger partial charge in [-0.1, -0.05) is 109 Å². The Kier molecular flexibility index (Phi) is 10.8. The fourth-order valence-corrected chi connectivity index (χ4v) is 13.7. The number of aryl methyl sites for hydroxylation is 4. The molecule has 268 valence electrons. The molecule has 0 saturated carbocycles. The van der Waals surface area contributed by atoms with Crippen molar-refractivity contribution in [2.24, 2.45) is 0 Å². The third-order valence-electron chi connectivity index (χ3n) is 8.38. The van der Waals surface area contributed by atoms with E-state index in [0.717, 1.165) is 0 Å². The molecule has 5 rings (SSSR count). The van der Waals surface area contributed by atoms with Crippen molar-refractivity contribution in [2.45, 2.75) is 66.3 Å². The zero-order chi connectivity index (χ0) is 37.4. The molecule has 10 nitrogen and oxygen atoms in total. The summed E-state index contributed by atoms with van der Waals surface area (Å²) in [6.07, 6.45) is 0. The van der Waals surface area contributed by atoms with Crippen LogP contribution in [0.4, 0.5) is 0 Å². The second kappa shape index (κ2) is 14.4. The Balaban J connectivity index is 1.88. The highest BCUT2D eigenvalue weighted by Gasteiger charge is 2.51. The summed E-state index contributed by atoms with van der Waals surface area (Å²) in [5.74, 6) is 0. The van der Waals surface area contributed by atoms with E-state index >= 15 is 0 Å². The summed E-state index contributed by atoms with van der Waals surface area (Å²) in [7, 11) is -20.2. The van der Waals surface area contributed by atoms with Gasteiger partial charge in [0.1, 0.15) is 0 Å². The lowest BCUT2D eigenvalue weighted by Gasteiger charge is -2.38. The van der Waals surface area contributed by atoms with Crippen LogP contribution in [0.3, 0.4) is 0 Å². The van der Waals surface area contributed by atoms with Gasteiger partial charge in [0.2, 0.25) is 0 Å². The molecular weight excluding hydrogens is 729 g/mol. The molecule has 0 aliphatic heterocycles. The van der Waals surface area contributed by atoms with Crippen molar-refractivity contribution in [1.82, 2.24) is 7.42 Å².